The normalized spacial score (nSPS) is 15.2. The van der Waals surface area contributed by atoms with Gasteiger partial charge in [-0.15, -0.1) is 0 Å². The van der Waals surface area contributed by atoms with E-state index in [-0.39, 0.29) is 0 Å². The van der Waals surface area contributed by atoms with Gasteiger partial charge in [-0.05, 0) is 58.7 Å². The number of likely N-dealkylation sites (tertiary alicyclic amines) is 1. The Balaban J connectivity index is 1.67. The van der Waals surface area contributed by atoms with Crippen LogP contribution in [0.4, 0.5) is 5.82 Å². The van der Waals surface area contributed by atoms with Crippen LogP contribution in [-0.4, -0.2) is 47.7 Å². The third-order valence-electron chi connectivity index (χ3n) is 3.97. The molecular formula is C17H30N4O. The van der Waals surface area contributed by atoms with E-state index in [1.54, 1.807) is 0 Å². The van der Waals surface area contributed by atoms with Crippen molar-refractivity contribution in [2.45, 2.75) is 52.4 Å². The number of aryl methyl sites for hydroxylation is 1. The van der Waals surface area contributed by atoms with Gasteiger partial charge in [0.2, 0.25) is 5.88 Å². The van der Waals surface area contributed by atoms with Gasteiger partial charge in [-0.1, -0.05) is 13.3 Å². The molecule has 0 aromatic carbocycles. The molecule has 2 rings (SSSR count). The SMILES string of the molecule is CCCCOc1cc(NCCCCN2CCCC2)nc(C)n1. The highest BCUT2D eigenvalue weighted by Crippen LogP contribution is 2.14. The van der Waals surface area contributed by atoms with E-state index in [1.807, 2.05) is 13.0 Å². The zero-order valence-corrected chi connectivity index (χ0v) is 14.1. The van der Waals surface area contributed by atoms with Crippen LogP contribution >= 0.6 is 0 Å². The molecule has 0 radical (unpaired) electrons. The van der Waals surface area contributed by atoms with Gasteiger partial charge in [0.05, 0.1) is 6.61 Å². The first-order valence-corrected chi connectivity index (χ1v) is 8.72. The van der Waals surface area contributed by atoms with Crippen molar-refractivity contribution < 1.29 is 4.74 Å². The van der Waals surface area contributed by atoms with Gasteiger partial charge in [0.15, 0.2) is 0 Å². The molecule has 124 valence electrons. The quantitative estimate of drug-likeness (QED) is 0.672. The average molecular weight is 306 g/mol. The van der Waals surface area contributed by atoms with E-state index >= 15 is 0 Å². The lowest BCUT2D eigenvalue weighted by atomic mass is 10.3. The van der Waals surface area contributed by atoms with E-state index < -0.39 is 0 Å². The summed E-state index contributed by atoms with van der Waals surface area (Å²) in [6.45, 7) is 9.56. The van der Waals surface area contributed by atoms with Crippen LogP contribution in [0, 0.1) is 6.92 Å². The Hall–Kier alpha value is -1.36. The summed E-state index contributed by atoms with van der Waals surface area (Å²) in [5.41, 5.74) is 0. The van der Waals surface area contributed by atoms with Crippen LogP contribution in [0.2, 0.25) is 0 Å². The van der Waals surface area contributed by atoms with Gasteiger partial charge in [0, 0.05) is 12.6 Å². The summed E-state index contributed by atoms with van der Waals surface area (Å²) < 4.78 is 5.67. The number of anilines is 1. The Labute approximate surface area is 134 Å². The molecule has 5 nitrogen and oxygen atoms in total. The Morgan fingerprint density at radius 1 is 1.18 bits per heavy atom. The molecule has 0 bridgehead atoms. The van der Waals surface area contributed by atoms with Crippen molar-refractivity contribution in [2.75, 3.05) is 38.1 Å². The smallest absolute Gasteiger partial charge is 0.218 e. The van der Waals surface area contributed by atoms with Crippen molar-refractivity contribution in [1.82, 2.24) is 14.9 Å². The molecule has 2 heterocycles. The molecule has 1 N–H and O–H groups in total. The van der Waals surface area contributed by atoms with Gasteiger partial charge in [-0.3, -0.25) is 0 Å². The first-order valence-electron chi connectivity index (χ1n) is 8.72. The monoisotopic (exact) mass is 306 g/mol. The van der Waals surface area contributed by atoms with Gasteiger partial charge in [-0.25, -0.2) is 4.98 Å². The van der Waals surface area contributed by atoms with Gasteiger partial charge >= 0.3 is 0 Å². The topological polar surface area (TPSA) is 50.3 Å². The zero-order valence-electron chi connectivity index (χ0n) is 14.1. The van der Waals surface area contributed by atoms with Crippen LogP contribution < -0.4 is 10.1 Å². The molecule has 1 aliphatic heterocycles. The van der Waals surface area contributed by atoms with Crippen LogP contribution in [0.15, 0.2) is 6.07 Å². The van der Waals surface area contributed by atoms with Crippen LogP contribution in [0.1, 0.15) is 51.3 Å². The highest BCUT2D eigenvalue weighted by Gasteiger charge is 2.10. The fourth-order valence-electron chi connectivity index (χ4n) is 2.71. The molecule has 0 amide bonds. The van der Waals surface area contributed by atoms with Gasteiger partial charge < -0.3 is 15.0 Å². The van der Waals surface area contributed by atoms with Crippen LogP contribution in [0.25, 0.3) is 0 Å². The van der Waals surface area contributed by atoms with E-state index in [9.17, 15) is 0 Å². The Bertz CT molecular complexity index is 433. The second-order valence-electron chi connectivity index (χ2n) is 6.02. The summed E-state index contributed by atoms with van der Waals surface area (Å²) in [4.78, 5) is 11.3. The Morgan fingerprint density at radius 2 is 2.00 bits per heavy atom. The lowest BCUT2D eigenvalue weighted by Gasteiger charge is -2.14. The third kappa shape index (κ3) is 6.18. The van der Waals surface area contributed by atoms with Crippen molar-refractivity contribution >= 4 is 5.82 Å². The maximum absolute atomic E-state index is 5.67. The standard InChI is InChI=1S/C17H30N4O/c1-3-4-13-22-17-14-16(19-15(2)20-17)18-9-5-6-10-21-11-7-8-12-21/h14H,3-13H2,1-2H3,(H,18,19,20). The molecule has 0 atom stereocenters. The van der Waals surface area contributed by atoms with Gasteiger partial charge in [0.1, 0.15) is 11.6 Å². The van der Waals surface area contributed by atoms with Crippen molar-refractivity contribution in [2.24, 2.45) is 0 Å². The molecule has 22 heavy (non-hydrogen) atoms. The lowest BCUT2D eigenvalue weighted by Crippen LogP contribution is -2.21. The van der Waals surface area contributed by atoms with Gasteiger partial charge in [0.25, 0.3) is 0 Å². The lowest BCUT2D eigenvalue weighted by molar-refractivity contribution is 0.296. The number of ether oxygens (including phenoxy) is 1. The summed E-state index contributed by atoms with van der Waals surface area (Å²) in [7, 11) is 0. The van der Waals surface area contributed by atoms with E-state index in [1.165, 1.54) is 45.3 Å². The minimum absolute atomic E-state index is 0.681. The maximum atomic E-state index is 5.67. The molecular weight excluding hydrogens is 276 g/mol. The zero-order chi connectivity index (χ0) is 15.6. The van der Waals surface area contributed by atoms with E-state index in [0.717, 1.165) is 37.6 Å². The summed E-state index contributed by atoms with van der Waals surface area (Å²) in [6, 6.07) is 1.91. The van der Waals surface area contributed by atoms with E-state index in [4.69, 9.17) is 4.74 Å². The molecule has 0 aliphatic carbocycles. The summed E-state index contributed by atoms with van der Waals surface area (Å²) >= 11 is 0. The molecule has 1 aliphatic rings. The van der Waals surface area contributed by atoms with Crippen LogP contribution in [0.5, 0.6) is 5.88 Å². The number of rotatable bonds is 10. The molecule has 0 unspecified atom stereocenters. The highest BCUT2D eigenvalue weighted by molar-refractivity contribution is 5.38. The van der Waals surface area contributed by atoms with Crippen molar-refractivity contribution in [3.05, 3.63) is 11.9 Å². The van der Waals surface area contributed by atoms with E-state index in [2.05, 4.69) is 27.1 Å². The predicted octanol–water partition coefficient (Wildman–Crippen LogP) is 3.25. The Kier molecular flexibility index (Phi) is 7.43. The minimum atomic E-state index is 0.681. The fraction of sp³-hybridized carbons (Fsp3) is 0.765. The van der Waals surface area contributed by atoms with Gasteiger partial charge in [-0.2, -0.15) is 4.98 Å². The predicted molar refractivity (Wildman–Crippen MR) is 90.6 cm³/mol. The first kappa shape index (κ1) is 17.0. The molecule has 1 fully saturated rings. The van der Waals surface area contributed by atoms with Crippen molar-refractivity contribution in [3.8, 4) is 5.88 Å². The Morgan fingerprint density at radius 3 is 2.77 bits per heavy atom. The van der Waals surface area contributed by atoms with Crippen LogP contribution in [-0.2, 0) is 0 Å². The number of unbranched alkanes of at least 4 members (excludes halogenated alkanes) is 2. The maximum Gasteiger partial charge on any atom is 0.218 e. The molecule has 1 aromatic heterocycles. The number of nitrogens with one attached hydrogen (secondary N) is 1. The fourth-order valence-corrected chi connectivity index (χ4v) is 2.71. The molecule has 1 aromatic rings. The third-order valence-corrected chi connectivity index (χ3v) is 3.97. The largest absolute Gasteiger partial charge is 0.478 e. The molecule has 1 saturated heterocycles. The van der Waals surface area contributed by atoms with Crippen molar-refractivity contribution in [3.63, 3.8) is 0 Å². The highest BCUT2D eigenvalue weighted by atomic mass is 16.5. The summed E-state index contributed by atoms with van der Waals surface area (Å²) in [6.07, 6.45) is 7.36. The minimum Gasteiger partial charge on any atom is -0.478 e. The molecule has 0 spiro atoms. The number of nitrogens with zero attached hydrogens (tertiary/aromatic N) is 3. The van der Waals surface area contributed by atoms with Crippen LogP contribution in [0.3, 0.4) is 0 Å². The van der Waals surface area contributed by atoms with Crippen molar-refractivity contribution in [1.29, 1.82) is 0 Å². The first-order chi connectivity index (χ1) is 10.8. The number of aromatic nitrogens is 2. The summed E-state index contributed by atoms with van der Waals surface area (Å²) in [5.74, 6) is 2.31. The number of hydrogen-bond donors (Lipinski definition) is 1. The second kappa shape index (κ2) is 9.62. The van der Waals surface area contributed by atoms with E-state index in [0.29, 0.717) is 5.88 Å². The average Bonchev–Trinajstić information content (AvgIpc) is 3.00. The summed E-state index contributed by atoms with van der Waals surface area (Å²) in [5, 5.41) is 3.39. The molecule has 5 heteroatoms. The molecule has 0 saturated carbocycles. The number of hydrogen-bond acceptors (Lipinski definition) is 5. The second-order valence-corrected chi connectivity index (χ2v) is 6.02.